The van der Waals surface area contributed by atoms with Crippen molar-refractivity contribution in [1.82, 2.24) is 9.03 Å². The molecule has 5 nitrogen and oxygen atoms in total. The molecule has 0 aromatic rings. The highest BCUT2D eigenvalue weighted by Crippen LogP contribution is 2.16. The summed E-state index contributed by atoms with van der Waals surface area (Å²) in [5.41, 5.74) is 0. The molecule has 0 amide bonds. The molecule has 0 saturated carbocycles. The molecule has 1 N–H and O–H groups in total. The zero-order chi connectivity index (χ0) is 11.6. The molecular weight excluding hydrogens is 216 g/mol. The molecule has 6 heteroatoms. The second-order valence-corrected chi connectivity index (χ2v) is 5.95. The molecule has 1 fully saturated rings. The summed E-state index contributed by atoms with van der Waals surface area (Å²) in [5.74, 6) is 0. The maximum absolute atomic E-state index is 12.0. The van der Waals surface area contributed by atoms with Crippen LogP contribution in [-0.2, 0) is 14.9 Å². The van der Waals surface area contributed by atoms with Crippen molar-refractivity contribution in [2.45, 2.75) is 45.8 Å². The van der Waals surface area contributed by atoms with E-state index in [-0.39, 0.29) is 18.1 Å². The third-order valence-electron chi connectivity index (χ3n) is 2.25. The van der Waals surface area contributed by atoms with Crippen molar-refractivity contribution >= 4 is 10.2 Å². The predicted molar refractivity (Wildman–Crippen MR) is 58.8 cm³/mol. The van der Waals surface area contributed by atoms with Crippen LogP contribution in [0.25, 0.3) is 0 Å². The van der Waals surface area contributed by atoms with Crippen LogP contribution < -0.4 is 4.72 Å². The molecule has 1 rings (SSSR count). The molecule has 90 valence electrons. The van der Waals surface area contributed by atoms with Crippen molar-refractivity contribution in [3.63, 3.8) is 0 Å². The number of nitrogens with one attached hydrogen (secondary N) is 1. The SMILES string of the molecule is CC(C)NS(=O)(=O)N1C(C)COCC1C. The third kappa shape index (κ3) is 3.14. The van der Waals surface area contributed by atoms with Gasteiger partial charge < -0.3 is 4.74 Å². The molecule has 0 aliphatic carbocycles. The van der Waals surface area contributed by atoms with E-state index in [2.05, 4.69) is 4.72 Å². The minimum atomic E-state index is -3.38. The second kappa shape index (κ2) is 4.78. The van der Waals surface area contributed by atoms with Gasteiger partial charge in [-0.25, -0.2) is 0 Å². The van der Waals surface area contributed by atoms with Crippen molar-refractivity contribution in [1.29, 1.82) is 0 Å². The van der Waals surface area contributed by atoms with Crippen LogP contribution in [0.2, 0.25) is 0 Å². The first-order valence-electron chi connectivity index (χ1n) is 5.23. The number of morpholine rings is 1. The van der Waals surface area contributed by atoms with Crippen LogP contribution in [0.1, 0.15) is 27.7 Å². The lowest BCUT2D eigenvalue weighted by Crippen LogP contribution is -2.56. The zero-order valence-electron chi connectivity index (χ0n) is 9.73. The monoisotopic (exact) mass is 236 g/mol. The molecule has 0 radical (unpaired) electrons. The highest BCUT2D eigenvalue weighted by Gasteiger charge is 2.35. The first-order chi connectivity index (χ1) is 6.84. The fraction of sp³-hybridized carbons (Fsp3) is 1.00. The first kappa shape index (κ1) is 12.9. The minimum absolute atomic E-state index is 0.0859. The van der Waals surface area contributed by atoms with Gasteiger partial charge >= 0.3 is 0 Å². The van der Waals surface area contributed by atoms with Crippen LogP contribution in [0.4, 0.5) is 0 Å². The van der Waals surface area contributed by atoms with Gasteiger partial charge in [0, 0.05) is 18.1 Å². The molecular formula is C9H20N2O3S. The average Bonchev–Trinajstić information content (AvgIpc) is 1.99. The summed E-state index contributed by atoms with van der Waals surface area (Å²) >= 11 is 0. The fourth-order valence-corrected chi connectivity index (χ4v) is 3.61. The first-order valence-corrected chi connectivity index (χ1v) is 6.67. The van der Waals surface area contributed by atoms with Gasteiger partial charge in [-0.15, -0.1) is 0 Å². The van der Waals surface area contributed by atoms with Gasteiger partial charge in [0.05, 0.1) is 13.2 Å². The smallest absolute Gasteiger partial charge is 0.280 e. The second-order valence-electron chi connectivity index (χ2n) is 4.34. The number of nitrogens with zero attached hydrogens (tertiary/aromatic N) is 1. The highest BCUT2D eigenvalue weighted by atomic mass is 32.2. The molecule has 1 heterocycles. The Hall–Kier alpha value is -0.170. The van der Waals surface area contributed by atoms with E-state index in [0.717, 1.165) is 0 Å². The summed E-state index contributed by atoms with van der Waals surface area (Å²) in [7, 11) is -3.38. The van der Waals surface area contributed by atoms with E-state index in [1.54, 1.807) is 0 Å². The van der Waals surface area contributed by atoms with E-state index >= 15 is 0 Å². The number of hydrogen-bond donors (Lipinski definition) is 1. The van der Waals surface area contributed by atoms with Crippen LogP contribution in [0.3, 0.4) is 0 Å². The Labute approximate surface area is 92.0 Å². The molecule has 1 aliphatic heterocycles. The van der Waals surface area contributed by atoms with Gasteiger partial charge in [-0.2, -0.15) is 17.4 Å². The summed E-state index contributed by atoms with van der Waals surface area (Å²) < 4.78 is 33.3. The number of rotatable bonds is 3. The van der Waals surface area contributed by atoms with Gasteiger partial charge in [-0.3, -0.25) is 0 Å². The lowest BCUT2D eigenvalue weighted by molar-refractivity contribution is 0.00565. The van der Waals surface area contributed by atoms with Crippen molar-refractivity contribution in [3.8, 4) is 0 Å². The van der Waals surface area contributed by atoms with Gasteiger partial charge in [-0.1, -0.05) is 0 Å². The molecule has 0 spiro atoms. The molecule has 15 heavy (non-hydrogen) atoms. The topological polar surface area (TPSA) is 58.6 Å². The quantitative estimate of drug-likeness (QED) is 0.768. The molecule has 0 aromatic carbocycles. The van der Waals surface area contributed by atoms with Crippen LogP contribution in [0.15, 0.2) is 0 Å². The number of ether oxygens (including phenoxy) is 1. The number of hydrogen-bond acceptors (Lipinski definition) is 3. The van der Waals surface area contributed by atoms with E-state index in [4.69, 9.17) is 4.74 Å². The molecule has 2 unspecified atom stereocenters. The molecule has 1 saturated heterocycles. The van der Waals surface area contributed by atoms with Crippen LogP contribution in [0, 0.1) is 0 Å². The van der Waals surface area contributed by atoms with Gasteiger partial charge in [0.25, 0.3) is 10.2 Å². The molecule has 2 atom stereocenters. The maximum Gasteiger partial charge on any atom is 0.280 e. The van der Waals surface area contributed by atoms with Gasteiger partial charge in [0.1, 0.15) is 0 Å². The largest absolute Gasteiger partial charge is 0.378 e. The van der Waals surface area contributed by atoms with Crippen molar-refractivity contribution < 1.29 is 13.2 Å². The highest BCUT2D eigenvalue weighted by molar-refractivity contribution is 7.87. The Balaban J connectivity index is 2.83. The summed E-state index contributed by atoms with van der Waals surface area (Å²) in [6.07, 6.45) is 0. The van der Waals surface area contributed by atoms with E-state index in [1.165, 1.54) is 4.31 Å². The Morgan fingerprint density at radius 1 is 1.27 bits per heavy atom. The van der Waals surface area contributed by atoms with E-state index in [0.29, 0.717) is 13.2 Å². The summed E-state index contributed by atoms with van der Waals surface area (Å²) in [5, 5.41) is 0. The zero-order valence-corrected chi connectivity index (χ0v) is 10.5. The van der Waals surface area contributed by atoms with Gasteiger partial charge in [-0.05, 0) is 27.7 Å². The van der Waals surface area contributed by atoms with Gasteiger partial charge in [0.15, 0.2) is 0 Å². The summed E-state index contributed by atoms with van der Waals surface area (Å²) in [4.78, 5) is 0. The molecule has 1 aliphatic rings. The fourth-order valence-electron chi connectivity index (χ4n) is 1.82. The van der Waals surface area contributed by atoms with Crippen molar-refractivity contribution in [2.75, 3.05) is 13.2 Å². The van der Waals surface area contributed by atoms with E-state index < -0.39 is 10.2 Å². The Morgan fingerprint density at radius 2 is 1.73 bits per heavy atom. The normalized spacial score (nSPS) is 29.7. The molecule has 0 aromatic heterocycles. The standard InChI is InChI=1S/C9H20N2O3S/c1-7(2)10-15(12,13)11-8(3)5-14-6-9(11)4/h7-10H,5-6H2,1-4H3. The lowest BCUT2D eigenvalue weighted by Gasteiger charge is -2.37. The third-order valence-corrected chi connectivity index (χ3v) is 4.29. The lowest BCUT2D eigenvalue weighted by atomic mass is 10.2. The Bertz CT molecular complexity index is 292. The van der Waals surface area contributed by atoms with Crippen LogP contribution in [-0.4, -0.2) is 44.1 Å². The van der Waals surface area contributed by atoms with E-state index in [9.17, 15) is 8.42 Å². The van der Waals surface area contributed by atoms with Crippen molar-refractivity contribution in [2.24, 2.45) is 0 Å². The Kier molecular flexibility index (Phi) is 4.11. The van der Waals surface area contributed by atoms with Crippen molar-refractivity contribution in [3.05, 3.63) is 0 Å². The Morgan fingerprint density at radius 3 is 2.13 bits per heavy atom. The van der Waals surface area contributed by atoms with E-state index in [1.807, 2.05) is 27.7 Å². The molecule has 0 bridgehead atoms. The maximum atomic E-state index is 12.0. The average molecular weight is 236 g/mol. The van der Waals surface area contributed by atoms with Crippen LogP contribution >= 0.6 is 0 Å². The minimum Gasteiger partial charge on any atom is -0.378 e. The van der Waals surface area contributed by atoms with Gasteiger partial charge in [0.2, 0.25) is 0 Å². The summed E-state index contributed by atoms with van der Waals surface area (Å²) in [6.45, 7) is 8.26. The van der Waals surface area contributed by atoms with Crippen LogP contribution in [0.5, 0.6) is 0 Å². The predicted octanol–water partition coefficient (Wildman–Crippen LogP) is 0.338. The summed E-state index contributed by atoms with van der Waals surface area (Å²) in [6, 6.07) is -0.299.